The number of methoxy groups -OCH3 is 2. The van der Waals surface area contributed by atoms with Crippen LogP contribution in [0.5, 0.6) is 11.5 Å². The number of nitrogens with one attached hydrogen (secondary N) is 2. The van der Waals surface area contributed by atoms with Crippen molar-refractivity contribution >= 4 is 103 Å². The Morgan fingerprint density at radius 3 is 1.75 bits per heavy atom. The van der Waals surface area contributed by atoms with Gasteiger partial charge in [0.25, 0.3) is 0 Å². The van der Waals surface area contributed by atoms with Crippen LogP contribution < -0.4 is 31.6 Å². The molecule has 4 aromatic heterocycles. The van der Waals surface area contributed by atoms with E-state index in [4.69, 9.17) is 50.6 Å². The third-order valence-corrected chi connectivity index (χ3v) is 10.0. The number of terminal acetylenes is 1. The molecule has 0 aliphatic heterocycles. The van der Waals surface area contributed by atoms with Crippen molar-refractivity contribution in [2.24, 2.45) is 0 Å². The van der Waals surface area contributed by atoms with E-state index >= 15 is 0 Å². The van der Waals surface area contributed by atoms with E-state index in [0.717, 1.165) is 9.26 Å². The summed E-state index contributed by atoms with van der Waals surface area (Å²) in [6.45, 7) is 3.15. The number of aromatic nitrogens is 6. The van der Waals surface area contributed by atoms with Gasteiger partial charge in [-0.25, -0.2) is 19.9 Å². The Hall–Kier alpha value is -4.99. The first kappa shape index (κ1) is 42.7. The van der Waals surface area contributed by atoms with Gasteiger partial charge in [-0.2, -0.15) is 9.97 Å². The van der Waals surface area contributed by atoms with Crippen molar-refractivity contribution in [1.29, 1.82) is 0 Å². The lowest BCUT2D eigenvalue weighted by molar-refractivity contribution is 0.121. The number of rotatable bonds is 8. The highest BCUT2D eigenvalue weighted by molar-refractivity contribution is 14.1. The molecule has 2 unspecified atom stereocenters. The van der Waals surface area contributed by atoms with Gasteiger partial charge in [-0.3, -0.25) is 0 Å². The van der Waals surface area contributed by atoms with Gasteiger partial charge in [-0.05, 0) is 72.8 Å². The molecule has 0 saturated carbocycles. The number of hydrogen-bond acceptors (Lipinski definition) is 16. The molecule has 19 heteroatoms. The van der Waals surface area contributed by atoms with Crippen LogP contribution in [-0.4, -0.2) is 54.3 Å². The molecule has 6 aromatic rings. The number of nitrogen functional groups attached to an aromatic ring is 2. The summed E-state index contributed by atoms with van der Waals surface area (Å²) in [5, 5.41) is 31.4. The van der Waals surface area contributed by atoms with Gasteiger partial charge < -0.3 is 41.8 Å². The predicted molar refractivity (Wildman–Crippen MR) is 227 cm³/mol. The number of thiazole rings is 2. The summed E-state index contributed by atoms with van der Waals surface area (Å²) in [6.07, 6.45) is 11.2. The minimum atomic E-state index is -1.34. The molecule has 0 radical (unpaired) electrons. The Morgan fingerprint density at radius 2 is 1.27 bits per heavy atom. The molecule has 2 atom stereocenters. The zero-order valence-corrected chi connectivity index (χ0v) is 34.8. The predicted octanol–water partition coefficient (Wildman–Crippen LogP) is 7.23. The van der Waals surface area contributed by atoms with Gasteiger partial charge in [0.05, 0.1) is 38.0 Å². The van der Waals surface area contributed by atoms with Crippen LogP contribution in [0.1, 0.15) is 29.4 Å². The highest BCUT2D eigenvalue weighted by Gasteiger charge is 2.23. The molecule has 0 amide bonds. The summed E-state index contributed by atoms with van der Waals surface area (Å²) in [5.74, 6) is 10.4. The lowest BCUT2D eigenvalue weighted by Gasteiger charge is -2.13. The van der Waals surface area contributed by atoms with Gasteiger partial charge in [0.1, 0.15) is 31.6 Å². The average Bonchev–Trinajstić information content (AvgIpc) is 3.92. The van der Waals surface area contributed by atoms with Crippen molar-refractivity contribution in [2.45, 2.75) is 25.0 Å². The molecule has 0 spiro atoms. The van der Waals surface area contributed by atoms with Gasteiger partial charge in [0.2, 0.25) is 11.9 Å². The van der Waals surface area contributed by atoms with E-state index in [1.165, 1.54) is 35.1 Å². The number of nitrogens with zero attached hydrogens (tertiary/aromatic N) is 6. The quantitative estimate of drug-likeness (QED) is 0.0657. The van der Waals surface area contributed by atoms with Crippen molar-refractivity contribution < 1.29 is 19.7 Å². The van der Waals surface area contributed by atoms with Crippen LogP contribution in [0.2, 0.25) is 10.0 Å². The Morgan fingerprint density at radius 1 is 0.782 bits per heavy atom. The van der Waals surface area contributed by atoms with E-state index in [0.29, 0.717) is 54.4 Å². The molecule has 284 valence electrons. The highest BCUT2D eigenvalue weighted by atomic mass is 127. The van der Waals surface area contributed by atoms with Crippen LogP contribution in [0, 0.1) is 27.8 Å². The van der Waals surface area contributed by atoms with Crippen molar-refractivity contribution in [3.63, 3.8) is 0 Å². The second-order valence-corrected chi connectivity index (χ2v) is 14.9. The molecular weight excluding hydrogens is 898 g/mol. The van der Waals surface area contributed by atoms with E-state index in [1.54, 1.807) is 69.4 Å². The SMILES string of the molecule is C#CC(C)(O)c1nccs1.COc1ccc(C#CC(C)(O)c2nccs2)cc1Nc1nc(N)ncc1Cl.COc1ccc(I)cc1Nc1nc(N)ncc1Cl. The fraction of sp³-hybridized carbons (Fsp3) is 0.167. The van der Waals surface area contributed by atoms with E-state index < -0.39 is 11.2 Å². The normalized spacial score (nSPS) is 12.4. The van der Waals surface area contributed by atoms with Crippen molar-refractivity contribution in [2.75, 3.05) is 36.3 Å². The Balaban J connectivity index is 0.000000205. The zero-order valence-electron chi connectivity index (χ0n) is 29.5. The maximum absolute atomic E-state index is 10.5. The molecule has 14 nitrogen and oxygen atoms in total. The number of nitrogens with two attached hydrogens (primary N) is 2. The molecular formula is C36H33Cl2IN10O4S2. The summed E-state index contributed by atoms with van der Waals surface area (Å²) >= 11 is 17.0. The standard InChI is InChI=1S/C18H16ClN5O2S.C11H10ClIN4O.C7H7NOS/c1-18(25,16-21-7-8-27-16)6-5-11-3-4-14(26-2)13(9-11)23-15-12(19)10-22-17(20)24-15;1-18-9-3-2-6(13)4-8(9)16-10-7(12)5-15-11(14)17-10;1-3-7(2,9)6-8-4-5-10-6/h3-4,7-10,25H,1-2H3,(H3,20,22,23,24);2-5H,1H3,(H3,14,15,16,17);1,4-5,9H,2H3. The van der Waals surface area contributed by atoms with Crippen LogP contribution in [0.15, 0.2) is 71.9 Å². The van der Waals surface area contributed by atoms with Crippen LogP contribution >= 0.6 is 68.5 Å². The second-order valence-electron chi connectivity index (χ2n) is 11.1. The maximum atomic E-state index is 10.5. The number of ether oxygens (including phenoxy) is 2. The Labute approximate surface area is 348 Å². The lowest BCUT2D eigenvalue weighted by atomic mass is 10.1. The third kappa shape index (κ3) is 12.3. The number of aliphatic hydroxyl groups is 2. The molecule has 6 rings (SSSR count). The van der Waals surface area contributed by atoms with Crippen LogP contribution in [0.4, 0.5) is 34.9 Å². The summed E-state index contributed by atoms with van der Waals surface area (Å²) in [7, 11) is 3.15. The highest BCUT2D eigenvalue weighted by Crippen LogP contribution is 2.33. The maximum Gasteiger partial charge on any atom is 0.222 e. The van der Waals surface area contributed by atoms with Crippen LogP contribution in [-0.2, 0) is 11.2 Å². The van der Waals surface area contributed by atoms with E-state index in [2.05, 4.69) is 80.9 Å². The molecule has 55 heavy (non-hydrogen) atoms. The van der Waals surface area contributed by atoms with Crippen molar-refractivity contribution in [1.82, 2.24) is 29.9 Å². The van der Waals surface area contributed by atoms with Crippen LogP contribution in [0.3, 0.4) is 0 Å². The molecule has 0 aliphatic rings. The minimum absolute atomic E-state index is 0.0938. The smallest absolute Gasteiger partial charge is 0.222 e. The summed E-state index contributed by atoms with van der Waals surface area (Å²) in [6, 6.07) is 11.0. The minimum Gasteiger partial charge on any atom is -0.495 e. The van der Waals surface area contributed by atoms with E-state index in [9.17, 15) is 10.2 Å². The molecule has 8 N–H and O–H groups in total. The lowest BCUT2D eigenvalue weighted by Crippen LogP contribution is -2.17. The fourth-order valence-corrected chi connectivity index (χ4v) is 6.17. The summed E-state index contributed by atoms with van der Waals surface area (Å²) in [5.41, 5.74) is 10.6. The molecule has 0 bridgehead atoms. The molecule has 4 heterocycles. The van der Waals surface area contributed by atoms with Gasteiger partial charge in [0.15, 0.2) is 22.8 Å². The zero-order chi connectivity index (χ0) is 40.2. The first-order valence-electron chi connectivity index (χ1n) is 15.5. The van der Waals surface area contributed by atoms with Crippen molar-refractivity contribution in [3.05, 3.63) is 101 Å². The number of halogens is 3. The average molecular weight is 932 g/mol. The van der Waals surface area contributed by atoms with Gasteiger partial charge >= 0.3 is 0 Å². The fourth-order valence-electron chi connectivity index (χ4n) is 4.09. The van der Waals surface area contributed by atoms with E-state index in [1.807, 2.05) is 18.2 Å². The largest absolute Gasteiger partial charge is 0.495 e. The summed E-state index contributed by atoms with van der Waals surface area (Å²) in [4.78, 5) is 23.7. The van der Waals surface area contributed by atoms with Crippen molar-refractivity contribution in [3.8, 4) is 35.7 Å². The number of hydrogen-bond donors (Lipinski definition) is 6. The number of anilines is 6. The Kier molecular flexibility index (Phi) is 15.2. The third-order valence-electron chi connectivity index (χ3n) is 6.82. The van der Waals surface area contributed by atoms with E-state index in [-0.39, 0.29) is 11.9 Å². The second kappa shape index (κ2) is 19.6. The van der Waals surface area contributed by atoms with Gasteiger partial charge in [0, 0.05) is 32.3 Å². The summed E-state index contributed by atoms with van der Waals surface area (Å²) < 4.78 is 11.7. The molecule has 0 aliphatic carbocycles. The monoisotopic (exact) mass is 930 g/mol. The van der Waals surface area contributed by atoms with Gasteiger partial charge in [-0.1, -0.05) is 41.0 Å². The first-order valence-corrected chi connectivity index (χ1v) is 19.1. The molecule has 0 saturated heterocycles. The topological polar surface area (TPSA) is 212 Å². The molecule has 0 fully saturated rings. The van der Waals surface area contributed by atoms with Gasteiger partial charge in [-0.15, -0.1) is 29.1 Å². The first-order chi connectivity index (χ1) is 26.1. The number of benzene rings is 2. The van der Waals surface area contributed by atoms with Crippen LogP contribution in [0.25, 0.3) is 0 Å². The Bertz CT molecular complexity index is 2310. The molecule has 2 aromatic carbocycles.